The Labute approximate surface area is 121 Å². The van der Waals surface area contributed by atoms with E-state index in [-0.39, 0.29) is 0 Å². The van der Waals surface area contributed by atoms with E-state index < -0.39 is 0 Å². The van der Waals surface area contributed by atoms with E-state index in [0.717, 1.165) is 85.2 Å². The quantitative estimate of drug-likeness (QED) is 0.450. The maximum atomic E-state index is 9.89. The zero-order valence-corrected chi connectivity index (χ0v) is 12.3. The van der Waals surface area contributed by atoms with Gasteiger partial charge in [-0.25, -0.2) is 0 Å². The molecule has 0 saturated carbocycles. The summed E-state index contributed by atoms with van der Waals surface area (Å²) in [5.41, 5.74) is 5.38. The van der Waals surface area contributed by atoms with E-state index in [1.54, 1.807) is 0 Å². The van der Waals surface area contributed by atoms with Crippen molar-refractivity contribution in [3.63, 3.8) is 0 Å². The maximum Gasteiger partial charge on any atom is 0.207 e. The lowest BCUT2D eigenvalue weighted by Crippen LogP contribution is -2.40. The third kappa shape index (κ3) is 8.44. The van der Waals surface area contributed by atoms with E-state index in [1.165, 1.54) is 0 Å². The molecule has 0 radical (unpaired) electrons. The van der Waals surface area contributed by atoms with Crippen LogP contribution >= 0.6 is 0 Å². The molecular weight excluding hydrogens is 260 g/mol. The van der Waals surface area contributed by atoms with Crippen molar-refractivity contribution in [2.45, 2.75) is 0 Å². The van der Waals surface area contributed by atoms with Crippen molar-refractivity contribution >= 4 is 6.41 Å². The lowest BCUT2D eigenvalue weighted by molar-refractivity contribution is -0.109. The first-order valence-electron chi connectivity index (χ1n) is 7.34. The fraction of sp³-hybridized carbons (Fsp3) is 0.923. The number of nitrogens with zero attached hydrogens (tertiary/aromatic N) is 2. The van der Waals surface area contributed by atoms with Gasteiger partial charge in [0.15, 0.2) is 0 Å². The molecule has 2 fully saturated rings. The Bertz CT molecular complexity index is 229. The number of hydrogen-bond donors (Lipinski definition) is 2. The molecule has 20 heavy (non-hydrogen) atoms. The van der Waals surface area contributed by atoms with E-state index >= 15 is 0 Å². The Balaban J connectivity index is 0.000000204. The second-order valence-electron chi connectivity index (χ2n) is 4.77. The zero-order valence-electron chi connectivity index (χ0n) is 12.3. The maximum absolute atomic E-state index is 9.89. The summed E-state index contributed by atoms with van der Waals surface area (Å²) < 4.78 is 10.3. The molecule has 2 saturated heterocycles. The van der Waals surface area contributed by atoms with Gasteiger partial charge in [-0.3, -0.25) is 14.6 Å². The van der Waals surface area contributed by atoms with Gasteiger partial charge in [-0.15, -0.1) is 0 Å². The summed E-state index contributed by atoms with van der Waals surface area (Å²) >= 11 is 0. The van der Waals surface area contributed by atoms with Crippen LogP contribution in [0.1, 0.15) is 0 Å². The first-order chi connectivity index (χ1) is 9.86. The van der Waals surface area contributed by atoms with Crippen molar-refractivity contribution in [3.05, 3.63) is 0 Å². The summed E-state index contributed by atoms with van der Waals surface area (Å²) in [6.07, 6.45) is 0.737. The van der Waals surface area contributed by atoms with Crippen LogP contribution in [-0.4, -0.2) is 95.0 Å². The smallest absolute Gasteiger partial charge is 0.207 e. The molecule has 0 spiro atoms. The van der Waals surface area contributed by atoms with Gasteiger partial charge in [0.05, 0.1) is 26.4 Å². The molecule has 0 aliphatic carbocycles. The third-order valence-electron chi connectivity index (χ3n) is 3.31. The van der Waals surface area contributed by atoms with Crippen LogP contribution in [-0.2, 0) is 14.3 Å². The Morgan fingerprint density at radius 3 is 1.90 bits per heavy atom. The molecule has 2 heterocycles. The lowest BCUT2D eigenvalue weighted by atomic mass is 10.4. The summed E-state index contributed by atoms with van der Waals surface area (Å²) in [4.78, 5) is 14.5. The van der Waals surface area contributed by atoms with Crippen LogP contribution in [0.4, 0.5) is 0 Å². The van der Waals surface area contributed by atoms with E-state index in [2.05, 4.69) is 15.1 Å². The summed E-state index contributed by atoms with van der Waals surface area (Å²) in [6, 6.07) is 0. The highest BCUT2D eigenvalue weighted by Crippen LogP contribution is 1.94. The molecule has 0 unspecified atom stereocenters. The minimum Gasteiger partial charge on any atom is -0.379 e. The molecule has 1 amide bonds. The highest BCUT2D eigenvalue weighted by Gasteiger charge is 2.08. The molecule has 2 aliphatic rings. The van der Waals surface area contributed by atoms with Crippen molar-refractivity contribution in [3.8, 4) is 0 Å². The average Bonchev–Trinajstić information content (AvgIpc) is 2.51. The van der Waals surface area contributed by atoms with Crippen molar-refractivity contribution in [1.82, 2.24) is 15.1 Å². The lowest BCUT2D eigenvalue weighted by Gasteiger charge is -2.26. The van der Waals surface area contributed by atoms with Crippen LogP contribution in [0.5, 0.6) is 0 Å². The molecule has 2 aliphatic heterocycles. The SMILES string of the molecule is NCCN1CCOCC1.O=CNCCN1CCOCC1. The third-order valence-corrected chi connectivity index (χ3v) is 3.31. The highest BCUT2D eigenvalue weighted by atomic mass is 16.5. The van der Waals surface area contributed by atoms with Crippen LogP contribution in [0.15, 0.2) is 0 Å². The van der Waals surface area contributed by atoms with Gasteiger partial charge in [0.2, 0.25) is 6.41 Å². The predicted molar refractivity (Wildman–Crippen MR) is 77.6 cm³/mol. The zero-order chi connectivity index (χ0) is 14.5. The number of amides is 1. The molecular formula is C13H28N4O3. The summed E-state index contributed by atoms with van der Waals surface area (Å²) in [5, 5.41) is 2.63. The minimum absolute atomic E-state index is 0.737. The fourth-order valence-electron chi connectivity index (χ4n) is 2.11. The van der Waals surface area contributed by atoms with Crippen LogP contribution in [0.25, 0.3) is 0 Å². The van der Waals surface area contributed by atoms with E-state index in [9.17, 15) is 4.79 Å². The predicted octanol–water partition coefficient (Wildman–Crippen LogP) is -1.66. The Kier molecular flexibility index (Phi) is 10.4. The topological polar surface area (TPSA) is 80.1 Å². The number of carbonyl (C=O) groups excluding carboxylic acids is 1. The Hall–Kier alpha value is -0.730. The van der Waals surface area contributed by atoms with Gasteiger partial charge < -0.3 is 20.5 Å². The van der Waals surface area contributed by atoms with Crippen molar-refractivity contribution in [2.75, 3.05) is 78.8 Å². The molecule has 2 rings (SSSR count). The van der Waals surface area contributed by atoms with Crippen molar-refractivity contribution in [1.29, 1.82) is 0 Å². The van der Waals surface area contributed by atoms with E-state index in [0.29, 0.717) is 0 Å². The Morgan fingerprint density at radius 1 is 0.950 bits per heavy atom. The molecule has 118 valence electrons. The first-order valence-corrected chi connectivity index (χ1v) is 7.34. The molecule has 7 nitrogen and oxygen atoms in total. The second kappa shape index (κ2) is 12.0. The van der Waals surface area contributed by atoms with Crippen LogP contribution < -0.4 is 11.1 Å². The largest absolute Gasteiger partial charge is 0.379 e. The summed E-state index contributed by atoms with van der Waals surface area (Å²) in [6.45, 7) is 10.9. The van der Waals surface area contributed by atoms with Crippen LogP contribution in [0.3, 0.4) is 0 Å². The van der Waals surface area contributed by atoms with Crippen LogP contribution in [0.2, 0.25) is 0 Å². The number of nitrogens with two attached hydrogens (primary N) is 1. The Morgan fingerprint density at radius 2 is 1.45 bits per heavy atom. The number of carbonyl (C=O) groups is 1. The van der Waals surface area contributed by atoms with E-state index in [4.69, 9.17) is 15.2 Å². The monoisotopic (exact) mass is 288 g/mol. The molecule has 0 bridgehead atoms. The molecule has 0 aromatic carbocycles. The summed E-state index contributed by atoms with van der Waals surface area (Å²) in [5.74, 6) is 0. The summed E-state index contributed by atoms with van der Waals surface area (Å²) in [7, 11) is 0. The molecule has 0 aromatic heterocycles. The van der Waals surface area contributed by atoms with Crippen LogP contribution in [0, 0.1) is 0 Å². The minimum atomic E-state index is 0.737. The van der Waals surface area contributed by atoms with Gasteiger partial charge in [-0.05, 0) is 0 Å². The normalized spacial score (nSPS) is 20.9. The molecule has 0 aromatic rings. The second-order valence-corrected chi connectivity index (χ2v) is 4.77. The molecule has 7 heteroatoms. The number of morpholine rings is 2. The van der Waals surface area contributed by atoms with Gasteiger partial charge in [0, 0.05) is 52.4 Å². The van der Waals surface area contributed by atoms with Gasteiger partial charge in [-0.1, -0.05) is 0 Å². The molecule has 3 N–H and O–H groups in total. The number of nitrogens with one attached hydrogen (secondary N) is 1. The highest BCUT2D eigenvalue weighted by molar-refractivity contribution is 5.45. The number of hydrogen-bond acceptors (Lipinski definition) is 6. The van der Waals surface area contributed by atoms with Crippen molar-refractivity contribution < 1.29 is 14.3 Å². The van der Waals surface area contributed by atoms with E-state index in [1.807, 2.05) is 0 Å². The standard InChI is InChI=1S/C7H14N2O2.C6H14N2O/c10-7-8-1-2-9-3-5-11-6-4-9;7-1-2-8-3-5-9-6-4-8/h7H,1-6H2,(H,8,10);1-7H2. The average molecular weight is 288 g/mol. The van der Waals surface area contributed by atoms with Gasteiger partial charge in [0.25, 0.3) is 0 Å². The van der Waals surface area contributed by atoms with Gasteiger partial charge in [0.1, 0.15) is 0 Å². The van der Waals surface area contributed by atoms with Crippen molar-refractivity contribution in [2.24, 2.45) is 5.73 Å². The first kappa shape index (κ1) is 17.3. The van der Waals surface area contributed by atoms with Gasteiger partial charge in [-0.2, -0.15) is 0 Å². The number of ether oxygens (including phenoxy) is 2. The van der Waals surface area contributed by atoms with Gasteiger partial charge >= 0.3 is 0 Å². The number of rotatable bonds is 6. The molecule has 0 atom stereocenters. The fourth-order valence-corrected chi connectivity index (χ4v) is 2.11.